The maximum absolute atomic E-state index is 14.1. The zero-order valence-corrected chi connectivity index (χ0v) is 13.3. The molecule has 2 rings (SSSR count). The number of hydrogen-bond donors (Lipinski definition) is 2. The molecular weight excluding hydrogens is 347 g/mol. The van der Waals surface area contributed by atoms with Crippen LogP contribution in [-0.4, -0.2) is 0 Å². The molecule has 3 nitrogen and oxygen atoms in total. The van der Waals surface area contributed by atoms with Crippen molar-refractivity contribution in [2.45, 2.75) is 13.8 Å². The van der Waals surface area contributed by atoms with Crippen molar-refractivity contribution < 1.29 is 9.13 Å². The standard InChI is InChI=1S/C14H13BrClFN2O/c1-6-3-8(4-7(2)11(6)15)20-14-10(19)5-9(18)12(16)13(14)17/h3-5H,18-19H2,1-2H3. The number of anilines is 2. The molecule has 0 aliphatic rings. The van der Waals surface area contributed by atoms with Crippen LogP contribution in [0.5, 0.6) is 11.5 Å². The molecule has 0 fully saturated rings. The molecule has 0 spiro atoms. The molecule has 0 aromatic heterocycles. The lowest BCUT2D eigenvalue weighted by atomic mass is 10.1. The third-order valence-corrected chi connectivity index (χ3v) is 4.48. The van der Waals surface area contributed by atoms with E-state index in [1.54, 1.807) is 12.1 Å². The molecule has 106 valence electrons. The summed E-state index contributed by atoms with van der Waals surface area (Å²) in [5.41, 5.74) is 13.4. The van der Waals surface area contributed by atoms with E-state index in [0.29, 0.717) is 5.75 Å². The van der Waals surface area contributed by atoms with E-state index in [4.69, 9.17) is 27.8 Å². The first-order valence-electron chi connectivity index (χ1n) is 5.78. The van der Waals surface area contributed by atoms with Crippen LogP contribution in [0.4, 0.5) is 15.8 Å². The first-order chi connectivity index (χ1) is 9.31. The monoisotopic (exact) mass is 358 g/mol. The molecule has 6 heteroatoms. The Kier molecular flexibility index (Phi) is 4.11. The number of nitrogens with two attached hydrogens (primary N) is 2. The Balaban J connectivity index is 2.48. The summed E-state index contributed by atoms with van der Waals surface area (Å²) in [6, 6.07) is 4.93. The molecule has 4 N–H and O–H groups in total. The van der Waals surface area contributed by atoms with Gasteiger partial charge in [-0.15, -0.1) is 0 Å². The molecule has 0 aliphatic carbocycles. The van der Waals surface area contributed by atoms with Crippen molar-refractivity contribution in [3.63, 3.8) is 0 Å². The second-order valence-electron chi connectivity index (χ2n) is 4.49. The Morgan fingerprint density at radius 2 is 1.65 bits per heavy atom. The zero-order valence-electron chi connectivity index (χ0n) is 10.9. The highest BCUT2D eigenvalue weighted by molar-refractivity contribution is 9.10. The smallest absolute Gasteiger partial charge is 0.188 e. The molecule has 0 radical (unpaired) electrons. The van der Waals surface area contributed by atoms with Crippen LogP contribution in [-0.2, 0) is 0 Å². The zero-order chi connectivity index (χ0) is 15.0. The molecule has 0 unspecified atom stereocenters. The highest BCUT2D eigenvalue weighted by Gasteiger charge is 2.17. The Morgan fingerprint density at radius 1 is 1.10 bits per heavy atom. The number of rotatable bonds is 2. The normalized spacial score (nSPS) is 10.7. The maximum atomic E-state index is 14.1. The summed E-state index contributed by atoms with van der Waals surface area (Å²) in [5.74, 6) is -0.401. The van der Waals surface area contributed by atoms with Crippen molar-refractivity contribution in [2.75, 3.05) is 11.5 Å². The number of benzene rings is 2. The average Bonchev–Trinajstić information content (AvgIpc) is 2.38. The van der Waals surface area contributed by atoms with Crippen LogP contribution in [0.2, 0.25) is 5.02 Å². The van der Waals surface area contributed by atoms with Crippen molar-refractivity contribution in [1.29, 1.82) is 0 Å². The molecule has 0 saturated heterocycles. The molecular formula is C14H13BrClFN2O. The summed E-state index contributed by atoms with van der Waals surface area (Å²) in [6.07, 6.45) is 0. The van der Waals surface area contributed by atoms with Crippen LogP contribution in [0.15, 0.2) is 22.7 Å². The van der Waals surface area contributed by atoms with Crippen LogP contribution in [0.1, 0.15) is 11.1 Å². The lowest BCUT2D eigenvalue weighted by Gasteiger charge is -2.13. The Labute approximate surface area is 129 Å². The molecule has 0 saturated carbocycles. The van der Waals surface area contributed by atoms with Crippen LogP contribution < -0.4 is 16.2 Å². The molecule has 2 aromatic carbocycles. The first kappa shape index (κ1) is 14.9. The molecule has 2 aromatic rings. The van der Waals surface area contributed by atoms with Crippen LogP contribution in [0.3, 0.4) is 0 Å². The molecule has 0 aliphatic heterocycles. The topological polar surface area (TPSA) is 61.3 Å². The van der Waals surface area contributed by atoms with Gasteiger partial charge in [0.15, 0.2) is 11.6 Å². The van der Waals surface area contributed by atoms with Gasteiger partial charge in [-0.2, -0.15) is 0 Å². The van der Waals surface area contributed by atoms with E-state index < -0.39 is 5.82 Å². The Bertz CT molecular complexity index is 668. The molecule has 0 atom stereocenters. The van der Waals surface area contributed by atoms with Gasteiger partial charge in [0.1, 0.15) is 10.8 Å². The highest BCUT2D eigenvalue weighted by Crippen LogP contribution is 2.39. The summed E-state index contributed by atoms with van der Waals surface area (Å²) in [6.45, 7) is 3.83. The van der Waals surface area contributed by atoms with E-state index in [1.165, 1.54) is 6.07 Å². The fourth-order valence-electron chi connectivity index (χ4n) is 1.84. The number of aryl methyl sites for hydroxylation is 2. The van der Waals surface area contributed by atoms with E-state index in [1.807, 2.05) is 13.8 Å². The minimum Gasteiger partial charge on any atom is -0.452 e. The van der Waals surface area contributed by atoms with Gasteiger partial charge in [-0.25, -0.2) is 4.39 Å². The molecule has 0 bridgehead atoms. The Morgan fingerprint density at radius 3 is 2.20 bits per heavy atom. The average molecular weight is 360 g/mol. The second-order valence-corrected chi connectivity index (χ2v) is 5.66. The third-order valence-electron chi connectivity index (χ3n) is 2.85. The number of ether oxygens (including phenoxy) is 1. The van der Waals surface area contributed by atoms with Crippen molar-refractivity contribution in [2.24, 2.45) is 0 Å². The number of hydrogen-bond acceptors (Lipinski definition) is 3. The molecule has 20 heavy (non-hydrogen) atoms. The van der Waals surface area contributed by atoms with E-state index >= 15 is 0 Å². The molecule has 0 heterocycles. The lowest BCUT2D eigenvalue weighted by molar-refractivity contribution is 0.444. The van der Waals surface area contributed by atoms with Gasteiger partial charge in [-0.3, -0.25) is 0 Å². The largest absolute Gasteiger partial charge is 0.452 e. The van der Waals surface area contributed by atoms with Crippen LogP contribution in [0.25, 0.3) is 0 Å². The van der Waals surface area contributed by atoms with E-state index in [2.05, 4.69) is 15.9 Å². The van der Waals surface area contributed by atoms with Gasteiger partial charge >= 0.3 is 0 Å². The minimum atomic E-state index is -0.762. The Hall–Kier alpha value is -1.46. The van der Waals surface area contributed by atoms with Gasteiger partial charge in [0.05, 0.1) is 11.4 Å². The number of halogens is 3. The van der Waals surface area contributed by atoms with E-state index in [9.17, 15) is 4.39 Å². The van der Waals surface area contributed by atoms with E-state index in [-0.39, 0.29) is 22.1 Å². The fourth-order valence-corrected chi connectivity index (χ4v) is 2.21. The predicted molar refractivity (Wildman–Crippen MR) is 83.9 cm³/mol. The molecule has 0 amide bonds. The highest BCUT2D eigenvalue weighted by atomic mass is 79.9. The van der Waals surface area contributed by atoms with Crippen LogP contribution >= 0.6 is 27.5 Å². The van der Waals surface area contributed by atoms with Crippen LogP contribution in [0, 0.1) is 19.7 Å². The minimum absolute atomic E-state index is 0.0807. The SMILES string of the molecule is Cc1cc(Oc2c(N)cc(N)c(Cl)c2F)cc(C)c1Br. The predicted octanol–water partition coefficient (Wildman–Crippen LogP) is 4.82. The van der Waals surface area contributed by atoms with E-state index in [0.717, 1.165) is 15.6 Å². The van der Waals surface area contributed by atoms with Crippen molar-refractivity contribution in [3.05, 3.63) is 44.6 Å². The second kappa shape index (κ2) is 5.50. The summed E-state index contributed by atoms with van der Waals surface area (Å²) in [7, 11) is 0. The van der Waals surface area contributed by atoms with Gasteiger partial charge in [-0.1, -0.05) is 27.5 Å². The summed E-state index contributed by atoms with van der Waals surface area (Å²) in [4.78, 5) is 0. The van der Waals surface area contributed by atoms with Gasteiger partial charge in [0.25, 0.3) is 0 Å². The maximum Gasteiger partial charge on any atom is 0.188 e. The van der Waals surface area contributed by atoms with Gasteiger partial charge in [0, 0.05) is 4.47 Å². The van der Waals surface area contributed by atoms with Gasteiger partial charge in [0.2, 0.25) is 0 Å². The third kappa shape index (κ3) is 2.69. The summed E-state index contributed by atoms with van der Waals surface area (Å²) >= 11 is 9.22. The van der Waals surface area contributed by atoms with Crippen molar-refractivity contribution in [3.8, 4) is 11.5 Å². The lowest BCUT2D eigenvalue weighted by Crippen LogP contribution is -2.00. The van der Waals surface area contributed by atoms with Crippen molar-refractivity contribution in [1.82, 2.24) is 0 Å². The number of nitrogen functional groups attached to an aromatic ring is 2. The summed E-state index contributed by atoms with van der Waals surface area (Å²) < 4.78 is 20.6. The first-order valence-corrected chi connectivity index (χ1v) is 6.96. The summed E-state index contributed by atoms with van der Waals surface area (Å²) in [5, 5.41) is -0.195. The van der Waals surface area contributed by atoms with Gasteiger partial charge < -0.3 is 16.2 Å². The quantitative estimate of drug-likeness (QED) is 0.756. The fraction of sp³-hybridized carbons (Fsp3) is 0.143. The van der Waals surface area contributed by atoms with Crippen molar-refractivity contribution >= 4 is 38.9 Å². The van der Waals surface area contributed by atoms with Gasteiger partial charge in [-0.05, 0) is 43.2 Å².